The van der Waals surface area contributed by atoms with Gasteiger partial charge in [0.25, 0.3) is 5.91 Å². The third-order valence-corrected chi connectivity index (χ3v) is 3.29. The predicted octanol–water partition coefficient (Wildman–Crippen LogP) is 3.82. The number of aromatic nitrogens is 1. The molecule has 0 fully saturated rings. The number of nitrogens with one attached hydrogen (secondary N) is 1. The molecule has 0 spiro atoms. The van der Waals surface area contributed by atoms with Gasteiger partial charge in [-0.15, -0.1) is 13.2 Å². The molecule has 0 radical (unpaired) electrons. The Labute approximate surface area is 150 Å². The molecule has 0 unspecified atom stereocenters. The van der Waals surface area contributed by atoms with Crippen LogP contribution in [0.2, 0.25) is 5.15 Å². The number of hydrogen-bond donors (Lipinski definition) is 1. The molecule has 1 N–H and O–H groups in total. The average molecular weight is 389 g/mol. The fourth-order valence-corrected chi connectivity index (χ4v) is 1.96. The number of nitrogens with zero attached hydrogens (tertiary/aromatic N) is 1. The van der Waals surface area contributed by atoms with Gasteiger partial charge in [-0.25, -0.2) is 9.78 Å². The number of carbonyl (C=O) groups excluding carboxylic acids is 2. The lowest BCUT2D eigenvalue weighted by Gasteiger charge is -2.14. The van der Waals surface area contributed by atoms with Gasteiger partial charge in [0.2, 0.25) is 0 Å². The third-order valence-electron chi connectivity index (χ3n) is 2.99. The lowest BCUT2D eigenvalue weighted by Crippen LogP contribution is -2.30. The zero-order valence-electron chi connectivity index (χ0n) is 13.2. The first-order valence-corrected chi connectivity index (χ1v) is 7.51. The summed E-state index contributed by atoms with van der Waals surface area (Å²) in [5, 5.41) is 2.52. The van der Waals surface area contributed by atoms with Crippen LogP contribution in [-0.4, -0.2) is 29.3 Å². The van der Waals surface area contributed by atoms with E-state index in [-0.39, 0.29) is 16.4 Å². The molecule has 0 aliphatic carbocycles. The molecule has 1 aromatic heterocycles. The van der Waals surface area contributed by atoms with Crippen molar-refractivity contribution in [2.24, 2.45) is 0 Å². The number of alkyl halides is 3. The maximum Gasteiger partial charge on any atom is 0.573 e. The molecule has 1 atom stereocenters. The van der Waals surface area contributed by atoms with E-state index in [0.29, 0.717) is 0 Å². The van der Waals surface area contributed by atoms with Crippen molar-refractivity contribution in [3.8, 4) is 5.75 Å². The van der Waals surface area contributed by atoms with Crippen LogP contribution in [0.1, 0.15) is 17.3 Å². The molecular weight excluding hydrogens is 377 g/mol. The Hall–Kier alpha value is -2.81. The summed E-state index contributed by atoms with van der Waals surface area (Å²) in [5.41, 5.74) is 0.203. The monoisotopic (exact) mass is 388 g/mol. The second kappa shape index (κ2) is 8.05. The average Bonchev–Trinajstić information content (AvgIpc) is 2.56. The van der Waals surface area contributed by atoms with Crippen LogP contribution in [0.15, 0.2) is 42.6 Å². The maximum absolute atomic E-state index is 12.1. The van der Waals surface area contributed by atoms with Crippen LogP contribution < -0.4 is 10.1 Å². The van der Waals surface area contributed by atoms with Gasteiger partial charge in [-0.2, -0.15) is 0 Å². The number of benzene rings is 1. The van der Waals surface area contributed by atoms with E-state index in [1.54, 1.807) is 6.07 Å². The number of rotatable bonds is 5. The Bertz CT molecular complexity index is 797. The molecule has 1 heterocycles. The van der Waals surface area contributed by atoms with Crippen molar-refractivity contribution < 1.29 is 32.2 Å². The fraction of sp³-hybridized carbons (Fsp3) is 0.188. The van der Waals surface area contributed by atoms with Gasteiger partial charge in [-0.3, -0.25) is 4.79 Å². The van der Waals surface area contributed by atoms with Crippen LogP contribution in [0.5, 0.6) is 5.75 Å². The van der Waals surface area contributed by atoms with Crippen molar-refractivity contribution in [1.29, 1.82) is 0 Å². The first-order valence-electron chi connectivity index (χ1n) is 7.14. The lowest BCUT2D eigenvalue weighted by atomic mass is 10.2. The zero-order chi connectivity index (χ0) is 19.3. The Morgan fingerprint density at radius 2 is 1.85 bits per heavy atom. The van der Waals surface area contributed by atoms with E-state index in [1.165, 1.54) is 19.2 Å². The van der Waals surface area contributed by atoms with E-state index in [2.05, 4.69) is 15.0 Å². The first-order chi connectivity index (χ1) is 12.2. The first kappa shape index (κ1) is 19.5. The number of amides is 1. The second-order valence-electron chi connectivity index (χ2n) is 4.95. The number of anilines is 1. The van der Waals surface area contributed by atoms with Crippen molar-refractivity contribution >= 4 is 29.2 Å². The summed E-state index contributed by atoms with van der Waals surface area (Å²) in [4.78, 5) is 27.8. The standard InChI is InChI=1S/C16H12ClF3N2O4/c1-9(14(23)22-12-3-2-8-21-13(12)17)25-15(24)10-4-6-11(7-5-10)26-16(18,19)20/h2-9H,1H3,(H,22,23)/t9-/m0/s1. The molecule has 0 bridgehead atoms. The summed E-state index contributed by atoms with van der Waals surface area (Å²) in [6.45, 7) is 1.33. The van der Waals surface area contributed by atoms with Gasteiger partial charge in [0, 0.05) is 6.20 Å². The smallest absolute Gasteiger partial charge is 0.449 e. The minimum Gasteiger partial charge on any atom is -0.449 e. The van der Waals surface area contributed by atoms with Gasteiger partial charge in [0.15, 0.2) is 11.3 Å². The van der Waals surface area contributed by atoms with Gasteiger partial charge in [0.1, 0.15) is 5.75 Å². The van der Waals surface area contributed by atoms with Crippen LogP contribution in [-0.2, 0) is 9.53 Å². The molecule has 138 valence electrons. The summed E-state index contributed by atoms with van der Waals surface area (Å²) in [6, 6.07) is 7.18. The SMILES string of the molecule is C[C@H](OC(=O)c1ccc(OC(F)(F)F)cc1)C(=O)Nc1cccnc1Cl. The van der Waals surface area contributed by atoms with Gasteiger partial charge in [0.05, 0.1) is 11.3 Å². The molecule has 1 amide bonds. The van der Waals surface area contributed by atoms with Crippen molar-refractivity contribution in [3.63, 3.8) is 0 Å². The van der Waals surface area contributed by atoms with E-state index in [4.69, 9.17) is 16.3 Å². The van der Waals surface area contributed by atoms with Crippen LogP contribution in [0.4, 0.5) is 18.9 Å². The van der Waals surface area contributed by atoms with Crippen molar-refractivity contribution in [2.45, 2.75) is 19.4 Å². The molecule has 0 aliphatic heterocycles. The van der Waals surface area contributed by atoms with Crippen molar-refractivity contribution in [3.05, 3.63) is 53.3 Å². The topological polar surface area (TPSA) is 77.5 Å². The predicted molar refractivity (Wildman–Crippen MR) is 85.9 cm³/mol. The van der Waals surface area contributed by atoms with Crippen LogP contribution in [0.25, 0.3) is 0 Å². The quantitative estimate of drug-likeness (QED) is 0.622. The van der Waals surface area contributed by atoms with Gasteiger partial charge >= 0.3 is 12.3 Å². The normalized spacial score (nSPS) is 12.2. The number of esters is 1. The van der Waals surface area contributed by atoms with E-state index in [1.807, 2.05) is 0 Å². The number of ether oxygens (including phenoxy) is 2. The van der Waals surface area contributed by atoms with Crippen LogP contribution in [0, 0.1) is 0 Å². The van der Waals surface area contributed by atoms with E-state index in [9.17, 15) is 22.8 Å². The zero-order valence-corrected chi connectivity index (χ0v) is 14.0. The number of hydrogen-bond acceptors (Lipinski definition) is 5. The second-order valence-corrected chi connectivity index (χ2v) is 5.31. The number of halogens is 4. The Balaban J connectivity index is 1.96. The van der Waals surface area contributed by atoms with Gasteiger partial charge in [-0.1, -0.05) is 11.6 Å². The molecule has 26 heavy (non-hydrogen) atoms. The molecule has 10 heteroatoms. The van der Waals surface area contributed by atoms with Crippen molar-refractivity contribution in [2.75, 3.05) is 5.32 Å². The maximum atomic E-state index is 12.1. The summed E-state index contributed by atoms with van der Waals surface area (Å²) in [5.74, 6) is -2.01. The highest BCUT2D eigenvalue weighted by Gasteiger charge is 2.31. The Morgan fingerprint density at radius 1 is 1.19 bits per heavy atom. The molecule has 0 aliphatic rings. The molecule has 2 rings (SSSR count). The minimum atomic E-state index is -4.83. The molecule has 2 aromatic rings. The minimum absolute atomic E-state index is 0.0430. The Kier molecular flexibility index (Phi) is 6.04. The van der Waals surface area contributed by atoms with Crippen LogP contribution >= 0.6 is 11.6 Å². The van der Waals surface area contributed by atoms with Crippen LogP contribution in [0.3, 0.4) is 0 Å². The van der Waals surface area contributed by atoms with Gasteiger partial charge in [-0.05, 0) is 43.3 Å². The molecular formula is C16H12ClF3N2O4. The van der Waals surface area contributed by atoms with E-state index in [0.717, 1.165) is 24.3 Å². The highest BCUT2D eigenvalue weighted by atomic mass is 35.5. The molecule has 1 aromatic carbocycles. The summed E-state index contributed by atoms with van der Waals surface area (Å²) in [6.07, 6.45) is -4.57. The third kappa shape index (κ3) is 5.62. The summed E-state index contributed by atoms with van der Waals surface area (Å²) >= 11 is 5.81. The Morgan fingerprint density at radius 3 is 2.42 bits per heavy atom. The number of carbonyl (C=O) groups is 2. The van der Waals surface area contributed by atoms with E-state index < -0.39 is 30.1 Å². The summed E-state index contributed by atoms with van der Waals surface area (Å²) < 4.78 is 45.0. The fourth-order valence-electron chi connectivity index (χ4n) is 1.79. The molecule has 0 saturated carbocycles. The number of pyridine rings is 1. The largest absolute Gasteiger partial charge is 0.573 e. The molecule has 0 saturated heterocycles. The molecule has 6 nitrogen and oxygen atoms in total. The van der Waals surface area contributed by atoms with E-state index >= 15 is 0 Å². The highest BCUT2D eigenvalue weighted by Crippen LogP contribution is 2.23. The lowest BCUT2D eigenvalue weighted by molar-refractivity contribution is -0.274. The van der Waals surface area contributed by atoms with Gasteiger partial charge < -0.3 is 14.8 Å². The van der Waals surface area contributed by atoms with Crippen molar-refractivity contribution in [1.82, 2.24) is 4.98 Å². The summed E-state index contributed by atoms with van der Waals surface area (Å²) in [7, 11) is 0. The highest BCUT2D eigenvalue weighted by molar-refractivity contribution is 6.32.